The number of nitrogen functional groups attached to an aromatic ring is 1. The van der Waals surface area contributed by atoms with Crippen molar-refractivity contribution in [1.82, 2.24) is 0 Å². The molecule has 0 aliphatic rings. The Morgan fingerprint density at radius 3 is 2.44 bits per heavy atom. The number of carbonyl (C=O) groups is 2. The highest BCUT2D eigenvalue weighted by molar-refractivity contribution is 5.93. The Hall–Kier alpha value is -2.04. The van der Waals surface area contributed by atoms with E-state index in [0.717, 1.165) is 0 Å². The average Bonchev–Trinajstić information content (AvgIpc) is 2.34. The number of aromatic carboxylic acids is 1. The molecule has 0 bridgehead atoms. The lowest BCUT2D eigenvalue weighted by Crippen LogP contribution is -2.10. The molecular weight excluding hydrogens is 234 g/mol. The number of esters is 1. The molecule has 0 heterocycles. The molecule has 1 rings (SSSR count). The number of hydrogen-bond donors (Lipinski definition) is 2. The van der Waals surface area contributed by atoms with Gasteiger partial charge in [-0.25, -0.2) is 4.79 Å². The number of anilines is 1. The SMILES string of the molecule is CC.CCCC(=O)Oc1ccc(N)cc1C(=O)O. The molecule has 0 fully saturated rings. The highest BCUT2D eigenvalue weighted by Crippen LogP contribution is 2.21. The van der Waals surface area contributed by atoms with Gasteiger partial charge in [-0.05, 0) is 24.6 Å². The number of ether oxygens (including phenoxy) is 1. The number of nitrogens with two attached hydrogens (primary N) is 1. The molecule has 0 unspecified atom stereocenters. The van der Waals surface area contributed by atoms with Gasteiger partial charge in [-0.15, -0.1) is 0 Å². The van der Waals surface area contributed by atoms with E-state index in [1.807, 2.05) is 20.8 Å². The Morgan fingerprint density at radius 1 is 1.33 bits per heavy atom. The number of carbonyl (C=O) groups excluding carboxylic acids is 1. The molecule has 0 spiro atoms. The van der Waals surface area contributed by atoms with Gasteiger partial charge in [-0.1, -0.05) is 20.8 Å². The lowest BCUT2D eigenvalue weighted by Gasteiger charge is -2.07. The molecule has 0 atom stereocenters. The average molecular weight is 253 g/mol. The van der Waals surface area contributed by atoms with Gasteiger partial charge in [-0.3, -0.25) is 4.79 Å². The molecule has 1 aromatic rings. The molecule has 0 aliphatic heterocycles. The van der Waals surface area contributed by atoms with Crippen molar-refractivity contribution in [3.05, 3.63) is 23.8 Å². The zero-order valence-corrected chi connectivity index (χ0v) is 10.9. The summed E-state index contributed by atoms with van der Waals surface area (Å²) in [5.41, 5.74) is 5.66. The van der Waals surface area contributed by atoms with Crippen molar-refractivity contribution in [3.63, 3.8) is 0 Å². The van der Waals surface area contributed by atoms with Crippen LogP contribution in [0.5, 0.6) is 5.75 Å². The first kappa shape index (κ1) is 16.0. The summed E-state index contributed by atoms with van der Waals surface area (Å²) < 4.78 is 4.93. The summed E-state index contributed by atoms with van der Waals surface area (Å²) in [6.07, 6.45) is 0.902. The standard InChI is InChI=1S/C11H13NO4.C2H6/c1-2-3-10(13)16-9-5-4-7(12)6-8(9)11(14)15;1-2/h4-6H,2-3,12H2,1H3,(H,14,15);1-2H3. The first-order chi connectivity index (χ1) is 8.54. The quantitative estimate of drug-likeness (QED) is 0.489. The van der Waals surface area contributed by atoms with Gasteiger partial charge in [0.15, 0.2) is 0 Å². The van der Waals surface area contributed by atoms with Crippen molar-refractivity contribution in [2.75, 3.05) is 5.73 Å². The third kappa shape index (κ3) is 4.86. The van der Waals surface area contributed by atoms with E-state index < -0.39 is 11.9 Å². The van der Waals surface area contributed by atoms with Crippen molar-refractivity contribution in [1.29, 1.82) is 0 Å². The first-order valence-corrected chi connectivity index (χ1v) is 5.88. The van der Waals surface area contributed by atoms with E-state index >= 15 is 0 Å². The molecule has 100 valence electrons. The molecule has 5 heteroatoms. The van der Waals surface area contributed by atoms with Gasteiger partial charge in [0.2, 0.25) is 0 Å². The van der Waals surface area contributed by atoms with Gasteiger partial charge in [-0.2, -0.15) is 0 Å². The van der Waals surface area contributed by atoms with Crippen molar-refractivity contribution < 1.29 is 19.4 Å². The fraction of sp³-hybridized carbons (Fsp3) is 0.385. The largest absolute Gasteiger partial charge is 0.478 e. The van der Waals surface area contributed by atoms with E-state index in [1.165, 1.54) is 18.2 Å². The van der Waals surface area contributed by atoms with Crippen LogP contribution in [0.4, 0.5) is 5.69 Å². The monoisotopic (exact) mass is 253 g/mol. The minimum atomic E-state index is -1.17. The predicted octanol–water partition coefficient (Wildman–Crippen LogP) is 2.70. The van der Waals surface area contributed by atoms with E-state index in [2.05, 4.69) is 0 Å². The molecule has 0 aromatic heterocycles. The minimum absolute atomic E-state index is 0.0279. The van der Waals surface area contributed by atoms with Gasteiger partial charge < -0.3 is 15.6 Å². The Kier molecular flexibility index (Phi) is 7.19. The van der Waals surface area contributed by atoms with Gasteiger partial charge >= 0.3 is 11.9 Å². The number of rotatable bonds is 4. The summed E-state index contributed by atoms with van der Waals surface area (Å²) in [5, 5.41) is 8.89. The second-order valence-electron chi connectivity index (χ2n) is 3.28. The number of carboxylic acids is 1. The van der Waals surface area contributed by atoms with Crippen molar-refractivity contribution in [2.45, 2.75) is 33.6 Å². The maximum absolute atomic E-state index is 11.2. The number of benzene rings is 1. The summed E-state index contributed by atoms with van der Waals surface area (Å²) in [5.74, 6) is -1.60. The van der Waals surface area contributed by atoms with Crippen LogP contribution in [0.3, 0.4) is 0 Å². The van der Waals surface area contributed by atoms with Gasteiger partial charge in [0.05, 0.1) is 0 Å². The van der Waals surface area contributed by atoms with E-state index in [0.29, 0.717) is 12.1 Å². The summed E-state index contributed by atoms with van der Waals surface area (Å²) in [6, 6.07) is 4.13. The van der Waals surface area contributed by atoms with Gasteiger partial charge in [0.25, 0.3) is 0 Å². The van der Waals surface area contributed by atoms with Crippen LogP contribution in [0.1, 0.15) is 44.0 Å². The molecule has 0 saturated carbocycles. The summed E-state index contributed by atoms with van der Waals surface area (Å²) >= 11 is 0. The van der Waals surface area contributed by atoms with Crippen LogP contribution in [-0.4, -0.2) is 17.0 Å². The zero-order chi connectivity index (χ0) is 14.1. The Labute approximate surface area is 107 Å². The lowest BCUT2D eigenvalue weighted by molar-refractivity contribution is -0.134. The summed E-state index contributed by atoms with van der Waals surface area (Å²) in [6.45, 7) is 5.84. The molecule has 5 nitrogen and oxygen atoms in total. The van der Waals surface area contributed by atoms with Crippen LogP contribution in [-0.2, 0) is 4.79 Å². The Morgan fingerprint density at radius 2 is 1.94 bits per heavy atom. The van der Waals surface area contributed by atoms with Crippen LogP contribution < -0.4 is 10.5 Å². The van der Waals surface area contributed by atoms with Crippen LogP contribution in [0.15, 0.2) is 18.2 Å². The maximum atomic E-state index is 11.2. The molecule has 0 saturated heterocycles. The number of carboxylic acid groups (broad SMARTS) is 1. The summed E-state index contributed by atoms with van der Waals surface area (Å²) in [4.78, 5) is 22.1. The second kappa shape index (κ2) is 8.11. The smallest absolute Gasteiger partial charge is 0.339 e. The third-order valence-corrected chi connectivity index (χ3v) is 1.91. The molecule has 0 radical (unpaired) electrons. The van der Waals surface area contributed by atoms with Gasteiger partial charge in [0.1, 0.15) is 11.3 Å². The van der Waals surface area contributed by atoms with E-state index in [4.69, 9.17) is 15.6 Å². The molecule has 3 N–H and O–H groups in total. The van der Waals surface area contributed by atoms with Crippen LogP contribution in [0, 0.1) is 0 Å². The highest BCUT2D eigenvalue weighted by Gasteiger charge is 2.14. The van der Waals surface area contributed by atoms with Crippen LogP contribution in [0.25, 0.3) is 0 Å². The zero-order valence-electron chi connectivity index (χ0n) is 10.9. The normalized spacial score (nSPS) is 9.06. The van der Waals surface area contributed by atoms with Crippen molar-refractivity contribution >= 4 is 17.6 Å². The lowest BCUT2D eigenvalue weighted by atomic mass is 10.2. The van der Waals surface area contributed by atoms with Crippen LogP contribution >= 0.6 is 0 Å². The number of hydrogen-bond acceptors (Lipinski definition) is 4. The van der Waals surface area contributed by atoms with Crippen molar-refractivity contribution in [2.24, 2.45) is 0 Å². The predicted molar refractivity (Wildman–Crippen MR) is 69.7 cm³/mol. The van der Waals surface area contributed by atoms with E-state index in [1.54, 1.807) is 0 Å². The topological polar surface area (TPSA) is 89.6 Å². The fourth-order valence-corrected chi connectivity index (χ4v) is 1.18. The maximum Gasteiger partial charge on any atom is 0.339 e. The fourth-order valence-electron chi connectivity index (χ4n) is 1.18. The third-order valence-electron chi connectivity index (χ3n) is 1.91. The Balaban J connectivity index is 0.00000137. The van der Waals surface area contributed by atoms with Crippen LogP contribution in [0.2, 0.25) is 0 Å². The first-order valence-electron chi connectivity index (χ1n) is 5.88. The molecule has 0 amide bonds. The molecule has 0 aliphatic carbocycles. The molecule has 18 heavy (non-hydrogen) atoms. The van der Waals surface area contributed by atoms with Gasteiger partial charge in [0, 0.05) is 12.1 Å². The second-order valence-corrected chi connectivity index (χ2v) is 3.28. The van der Waals surface area contributed by atoms with E-state index in [-0.39, 0.29) is 17.7 Å². The molecule has 1 aromatic carbocycles. The highest BCUT2D eigenvalue weighted by atomic mass is 16.5. The van der Waals surface area contributed by atoms with E-state index in [9.17, 15) is 9.59 Å². The van der Waals surface area contributed by atoms with Crippen molar-refractivity contribution in [3.8, 4) is 5.75 Å². The molecular formula is C13H19NO4. The summed E-state index contributed by atoms with van der Waals surface area (Å²) in [7, 11) is 0. The Bertz CT molecular complexity index is 415. The minimum Gasteiger partial charge on any atom is -0.478 e.